The van der Waals surface area contributed by atoms with Crippen molar-refractivity contribution < 1.29 is 9.53 Å². The molecule has 0 aromatic carbocycles. The van der Waals surface area contributed by atoms with Crippen LogP contribution in [-0.2, 0) is 16.1 Å². The third kappa shape index (κ3) is 3.23. The molecule has 2 N–H and O–H groups in total. The van der Waals surface area contributed by atoms with Crippen molar-refractivity contribution in [2.75, 3.05) is 32.1 Å². The fraction of sp³-hybridized carbons (Fsp3) is 0.615. The molecule has 0 spiro atoms. The molecule has 2 heterocycles. The van der Waals surface area contributed by atoms with Gasteiger partial charge in [-0.1, -0.05) is 0 Å². The molecule has 1 amide bonds. The van der Waals surface area contributed by atoms with Crippen LogP contribution in [0.2, 0.25) is 0 Å². The molecule has 0 aliphatic carbocycles. The van der Waals surface area contributed by atoms with E-state index in [2.05, 4.69) is 9.97 Å². The fourth-order valence-electron chi connectivity index (χ4n) is 2.37. The lowest BCUT2D eigenvalue weighted by molar-refractivity contribution is -0.136. The average Bonchev–Trinajstić information content (AvgIpc) is 2.39. The van der Waals surface area contributed by atoms with Gasteiger partial charge < -0.3 is 15.4 Å². The summed E-state index contributed by atoms with van der Waals surface area (Å²) in [7, 11) is 3.78. The Balaban J connectivity index is 2.09. The maximum atomic E-state index is 11.6. The zero-order valence-electron chi connectivity index (χ0n) is 12.1. The first-order valence-corrected chi connectivity index (χ1v) is 6.62. The molecular formula is C13H21N5O2. The molecule has 0 radical (unpaired) electrons. The van der Waals surface area contributed by atoms with E-state index in [-0.39, 0.29) is 12.0 Å². The van der Waals surface area contributed by atoms with Crippen LogP contribution in [0.25, 0.3) is 0 Å². The lowest BCUT2D eigenvalue weighted by atomic mass is 10.1. The van der Waals surface area contributed by atoms with Crippen LogP contribution < -0.4 is 10.6 Å². The zero-order chi connectivity index (χ0) is 14.7. The summed E-state index contributed by atoms with van der Waals surface area (Å²) >= 11 is 0. The maximum absolute atomic E-state index is 11.6. The van der Waals surface area contributed by atoms with Crippen molar-refractivity contribution in [2.24, 2.45) is 5.73 Å². The molecule has 1 aliphatic heterocycles. The molecule has 1 saturated heterocycles. The highest BCUT2D eigenvalue weighted by atomic mass is 16.5. The number of rotatable bonds is 4. The van der Waals surface area contributed by atoms with Gasteiger partial charge in [0, 0.05) is 45.1 Å². The molecule has 7 nitrogen and oxygen atoms in total. The average molecular weight is 279 g/mol. The van der Waals surface area contributed by atoms with Crippen molar-refractivity contribution in [3.8, 4) is 0 Å². The molecular weight excluding hydrogens is 258 g/mol. The molecule has 1 aromatic rings. The monoisotopic (exact) mass is 279 g/mol. The van der Waals surface area contributed by atoms with E-state index in [1.165, 1.54) is 0 Å². The lowest BCUT2D eigenvalue weighted by Crippen LogP contribution is -2.56. The van der Waals surface area contributed by atoms with Crippen molar-refractivity contribution in [2.45, 2.75) is 25.6 Å². The zero-order valence-corrected chi connectivity index (χ0v) is 12.1. The number of nitrogens with two attached hydrogens (primary N) is 1. The van der Waals surface area contributed by atoms with E-state index in [0.29, 0.717) is 25.6 Å². The first kappa shape index (κ1) is 14.7. The Hall–Kier alpha value is -1.73. The van der Waals surface area contributed by atoms with Crippen LogP contribution >= 0.6 is 0 Å². The summed E-state index contributed by atoms with van der Waals surface area (Å²) in [5.74, 6) is 0.304. The molecule has 1 aromatic heterocycles. The second-order valence-electron chi connectivity index (χ2n) is 5.18. The molecule has 1 fully saturated rings. The highest BCUT2D eigenvalue weighted by Crippen LogP contribution is 2.17. The summed E-state index contributed by atoms with van der Waals surface area (Å²) in [5.41, 5.74) is 6.42. The number of carbonyl (C=O) groups excluding carboxylic acids is 1. The lowest BCUT2D eigenvalue weighted by Gasteiger charge is -2.37. The number of anilines is 1. The van der Waals surface area contributed by atoms with Gasteiger partial charge >= 0.3 is 0 Å². The third-order valence-electron chi connectivity index (χ3n) is 3.37. The van der Waals surface area contributed by atoms with Crippen LogP contribution in [0.1, 0.15) is 12.5 Å². The number of morpholine rings is 1. The van der Waals surface area contributed by atoms with E-state index in [1.807, 2.05) is 30.8 Å². The Kier molecular flexibility index (Phi) is 4.51. The van der Waals surface area contributed by atoms with Crippen LogP contribution in [0.3, 0.4) is 0 Å². The Labute approximate surface area is 118 Å². The van der Waals surface area contributed by atoms with Crippen molar-refractivity contribution in [3.05, 3.63) is 18.0 Å². The summed E-state index contributed by atoms with van der Waals surface area (Å²) in [6.07, 6.45) is 3.37. The van der Waals surface area contributed by atoms with Gasteiger partial charge in [0.2, 0.25) is 11.9 Å². The smallest absolute Gasteiger partial charge is 0.237 e. The number of nitrogens with zero attached hydrogens (tertiary/aromatic N) is 4. The highest BCUT2D eigenvalue weighted by Gasteiger charge is 2.33. The minimum atomic E-state index is -0.405. The van der Waals surface area contributed by atoms with Crippen LogP contribution in [0.4, 0.5) is 5.95 Å². The van der Waals surface area contributed by atoms with Gasteiger partial charge in [-0.05, 0) is 6.92 Å². The summed E-state index contributed by atoms with van der Waals surface area (Å²) in [6, 6.07) is -0.405. The van der Waals surface area contributed by atoms with E-state index in [4.69, 9.17) is 10.5 Å². The van der Waals surface area contributed by atoms with Gasteiger partial charge in [0.1, 0.15) is 6.04 Å². The first-order valence-electron chi connectivity index (χ1n) is 6.62. The minimum absolute atomic E-state index is 0.191. The molecule has 2 rings (SSSR count). The molecule has 0 saturated carbocycles. The van der Waals surface area contributed by atoms with E-state index in [9.17, 15) is 4.79 Å². The fourth-order valence-corrected chi connectivity index (χ4v) is 2.37. The molecule has 20 heavy (non-hydrogen) atoms. The van der Waals surface area contributed by atoms with Crippen molar-refractivity contribution in [3.63, 3.8) is 0 Å². The van der Waals surface area contributed by atoms with Crippen LogP contribution in [-0.4, -0.2) is 60.2 Å². The predicted molar refractivity (Wildman–Crippen MR) is 75.2 cm³/mol. The van der Waals surface area contributed by atoms with Gasteiger partial charge in [-0.3, -0.25) is 9.69 Å². The number of hydrogen-bond acceptors (Lipinski definition) is 6. The number of carbonyl (C=O) groups is 1. The SMILES string of the molecule is C[C@H]1OCCN(Cc2cnc(N(C)C)nc2)[C@@H]1C(N)=O. The van der Waals surface area contributed by atoms with Gasteiger partial charge in [0.05, 0.1) is 12.7 Å². The van der Waals surface area contributed by atoms with Crippen molar-refractivity contribution in [1.29, 1.82) is 0 Å². The number of hydrogen-bond donors (Lipinski definition) is 1. The summed E-state index contributed by atoms with van der Waals surface area (Å²) in [6.45, 7) is 3.73. The second kappa shape index (κ2) is 6.15. The number of aromatic nitrogens is 2. The Morgan fingerprint density at radius 1 is 1.50 bits per heavy atom. The van der Waals surface area contributed by atoms with Crippen molar-refractivity contribution in [1.82, 2.24) is 14.9 Å². The molecule has 0 unspecified atom stereocenters. The van der Waals surface area contributed by atoms with E-state index >= 15 is 0 Å². The number of amides is 1. The molecule has 110 valence electrons. The molecule has 0 bridgehead atoms. The predicted octanol–water partition coefficient (Wildman–Crippen LogP) is -0.383. The Morgan fingerprint density at radius 2 is 2.15 bits per heavy atom. The summed E-state index contributed by atoms with van der Waals surface area (Å²) in [4.78, 5) is 24.0. The van der Waals surface area contributed by atoms with Crippen LogP contribution in [0.5, 0.6) is 0 Å². The Bertz CT molecular complexity index is 462. The van der Waals surface area contributed by atoms with Crippen LogP contribution in [0, 0.1) is 0 Å². The molecule has 1 aliphatic rings. The van der Waals surface area contributed by atoms with E-state index in [0.717, 1.165) is 5.56 Å². The van der Waals surface area contributed by atoms with Gasteiger partial charge in [0.25, 0.3) is 0 Å². The van der Waals surface area contributed by atoms with Crippen LogP contribution in [0.15, 0.2) is 12.4 Å². The second-order valence-corrected chi connectivity index (χ2v) is 5.18. The van der Waals surface area contributed by atoms with Crippen molar-refractivity contribution >= 4 is 11.9 Å². The normalized spacial score (nSPS) is 23.6. The topological polar surface area (TPSA) is 84.6 Å². The largest absolute Gasteiger partial charge is 0.375 e. The maximum Gasteiger partial charge on any atom is 0.237 e. The Morgan fingerprint density at radius 3 is 2.70 bits per heavy atom. The summed E-state index contributed by atoms with van der Waals surface area (Å²) < 4.78 is 5.49. The van der Waals surface area contributed by atoms with Gasteiger partial charge in [-0.25, -0.2) is 9.97 Å². The highest BCUT2D eigenvalue weighted by molar-refractivity contribution is 5.80. The van der Waals surface area contributed by atoms with E-state index < -0.39 is 6.04 Å². The minimum Gasteiger partial charge on any atom is -0.375 e. The first-order chi connectivity index (χ1) is 9.49. The molecule has 7 heteroatoms. The standard InChI is InChI=1S/C13H21N5O2/c1-9-11(12(14)19)18(4-5-20-9)8-10-6-15-13(16-7-10)17(2)3/h6-7,9,11H,4-5,8H2,1-3H3,(H2,14,19)/t9-,11+/m1/s1. The quantitative estimate of drug-likeness (QED) is 0.808. The van der Waals surface area contributed by atoms with Gasteiger partial charge in [-0.15, -0.1) is 0 Å². The van der Waals surface area contributed by atoms with E-state index in [1.54, 1.807) is 12.4 Å². The summed E-state index contributed by atoms with van der Waals surface area (Å²) in [5, 5.41) is 0. The third-order valence-corrected chi connectivity index (χ3v) is 3.37. The van der Waals surface area contributed by atoms with Gasteiger partial charge in [0.15, 0.2) is 0 Å². The molecule has 2 atom stereocenters. The van der Waals surface area contributed by atoms with Gasteiger partial charge in [-0.2, -0.15) is 0 Å². The number of primary amides is 1. The number of ether oxygens (including phenoxy) is 1.